The summed E-state index contributed by atoms with van der Waals surface area (Å²) in [7, 11) is 1.76. The van der Waals surface area contributed by atoms with Gasteiger partial charge in [0.1, 0.15) is 5.82 Å². The van der Waals surface area contributed by atoms with Gasteiger partial charge in [-0.1, -0.05) is 26.0 Å². The summed E-state index contributed by atoms with van der Waals surface area (Å²) >= 11 is 0. The first kappa shape index (κ1) is 24.1. The van der Waals surface area contributed by atoms with Crippen molar-refractivity contribution < 1.29 is 4.39 Å². The van der Waals surface area contributed by atoms with Crippen LogP contribution < -0.4 is 10.6 Å². The third-order valence-corrected chi connectivity index (χ3v) is 4.36. The number of aliphatic imine (C=N–C) groups is 1. The molecule has 0 spiro atoms. The number of guanidine groups is 1. The van der Waals surface area contributed by atoms with Gasteiger partial charge in [0.05, 0.1) is 6.04 Å². The molecule has 6 heteroatoms. The lowest BCUT2D eigenvalue weighted by Crippen LogP contribution is -2.39. The first-order chi connectivity index (χ1) is 11.5. The van der Waals surface area contributed by atoms with E-state index >= 15 is 0 Å². The van der Waals surface area contributed by atoms with Crippen molar-refractivity contribution in [3.63, 3.8) is 0 Å². The topological polar surface area (TPSA) is 39.7 Å². The molecule has 4 nitrogen and oxygen atoms in total. The second-order valence-corrected chi connectivity index (χ2v) is 6.11. The first-order valence-corrected chi connectivity index (χ1v) is 8.97. The molecular formula is C19H34FIN4. The van der Waals surface area contributed by atoms with E-state index in [1.54, 1.807) is 20.0 Å². The quantitative estimate of drug-likeness (QED) is 0.250. The Labute approximate surface area is 169 Å². The molecule has 0 saturated carbocycles. The Bertz CT molecular complexity index is 518. The summed E-state index contributed by atoms with van der Waals surface area (Å²) in [6, 6.07) is 5.35. The van der Waals surface area contributed by atoms with Gasteiger partial charge in [0.25, 0.3) is 0 Å². The largest absolute Gasteiger partial charge is 0.356 e. The second-order valence-electron chi connectivity index (χ2n) is 6.11. The summed E-state index contributed by atoms with van der Waals surface area (Å²) in [6.07, 6.45) is 2.27. The van der Waals surface area contributed by atoms with E-state index in [2.05, 4.69) is 34.4 Å². The molecule has 0 fully saturated rings. The van der Waals surface area contributed by atoms with E-state index in [4.69, 9.17) is 0 Å². The normalized spacial score (nSPS) is 12.7. The van der Waals surface area contributed by atoms with Crippen LogP contribution in [0.25, 0.3) is 0 Å². The van der Waals surface area contributed by atoms with Gasteiger partial charge in [0, 0.05) is 13.6 Å². The maximum atomic E-state index is 13.7. The Morgan fingerprint density at radius 2 is 1.92 bits per heavy atom. The fourth-order valence-corrected chi connectivity index (χ4v) is 2.57. The van der Waals surface area contributed by atoms with Crippen LogP contribution in [0.1, 0.15) is 50.8 Å². The van der Waals surface area contributed by atoms with E-state index in [9.17, 15) is 4.39 Å². The number of nitrogens with one attached hydrogen (secondary N) is 2. The molecule has 1 unspecified atom stereocenters. The zero-order valence-corrected chi connectivity index (χ0v) is 18.6. The SMILES string of the molecule is CCN(CC)CCCCNC(=NC)NC(C)c1ccc(C)c(F)c1.I. The van der Waals surface area contributed by atoms with E-state index in [-0.39, 0.29) is 35.8 Å². The Morgan fingerprint density at radius 1 is 1.24 bits per heavy atom. The molecule has 0 aliphatic heterocycles. The molecule has 1 rings (SSSR count). The van der Waals surface area contributed by atoms with Crippen molar-refractivity contribution in [2.75, 3.05) is 33.2 Å². The average Bonchev–Trinajstić information content (AvgIpc) is 2.59. The minimum absolute atomic E-state index is 0. The molecule has 0 aliphatic rings. The lowest BCUT2D eigenvalue weighted by Gasteiger charge is -2.20. The predicted octanol–water partition coefficient (Wildman–Crippen LogP) is 4.10. The summed E-state index contributed by atoms with van der Waals surface area (Å²) in [5, 5.41) is 6.65. The van der Waals surface area contributed by atoms with Crippen LogP contribution in [0.5, 0.6) is 0 Å². The minimum Gasteiger partial charge on any atom is -0.356 e. The Morgan fingerprint density at radius 3 is 2.48 bits per heavy atom. The molecule has 2 N–H and O–H groups in total. The fraction of sp³-hybridized carbons (Fsp3) is 0.632. The highest BCUT2D eigenvalue weighted by molar-refractivity contribution is 14.0. The van der Waals surface area contributed by atoms with E-state index in [1.807, 2.05) is 19.1 Å². The number of hydrogen-bond acceptors (Lipinski definition) is 2. The van der Waals surface area contributed by atoms with Crippen molar-refractivity contribution in [1.29, 1.82) is 0 Å². The van der Waals surface area contributed by atoms with E-state index < -0.39 is 0 Å². The van der Waals surface area contributed by atoms with Crippen LogP contribution in [0.15, 0.2) is 23.2 Å². The molecule has 1 atom stereocenters. The molecular weight excluding hydrogens is 430 g/mol. The number of benzene rings is 1. The van der Waals surface area contributed by atoms with Crippen molar-refractivity contribution in [2.24, 2.45) is 4.99 Å². The zero-order valence-electron chi connectivity index (χ0n) is 16.2. The van der Waals surface area contributed by atoms with Crippen LogP contribution in [0.3, 0.4) is 0 Å². The van der Waals surface area contributed by atoms with Gasteiger partial charge < -0.3 is 15.5 Å². The molecule has 0 amide bonds. The van der Waals surface area contributed by atoms with Crippen LogP contribution in [0.4, 0.5) is 4.39 Å². The molecule has 144 valence electrons. The third-order valence-electron chi connectivity index (χ3n) is 4.36. The van der Waals surface area contributed by atoms with Gasteiger partial charge in [-0.3, -0.25) is 4.99 Å². The Balaban J connectivity index is 0.00000576. The monoisotopic (exact) mass is 464 g/mol. The van der Waals surface area contributed by atoms with E-state index in [0.717, 1.165) is 44.1 Å². The van der Waals surface area contributed by atoms with E-state index in [1.165, 1.54) is 6.42 Å². The van der Waals surface area contributed by atoms with Gasteiger partial charge in [-0.25, -0.2) is 4.39 Å². The van der Waals surface area contributed by atoms with Gasteiger partial charge in [0.15, 0.2) is 5.96 Å². The fourth-order valence-electron chi connectivity index (χ4n) is 2.57. The maximum Gasteiger partial charge on any atom is 0.191 e. The van der Waals surface area contributed by atoms with Gasteiger partial charge in [-0.05, 0) is 63.5 Å². The standard InChI is InChI=1S/C19H33FN4.HI/c1-6-24(7-2)13-9-8-12-22-19(21-5)23-16(4)17-11-10-15(3)18(20)14-17;/h10-11,14,16H,6-9,12-13H2,1-5H3,(H2,21,22,23);1H. The van der Waals surface area contributed by atoms with Gasteiger partial charge in [-0.2, -0.15) is 0 Å². The molecule has 25 heavy (non-hydrogen) atoms. The van der Waals surface area contributed by atoms with Crippen LogP contribution >= 0.6 is 24.0 Å². The van der Waals surface area contributed by atoms with Crippen molar-refractivity contribution in [3.8, 4) is 0 Å². The minimum atomic E-state index is -0.166. The molecule has 0 aliphatic carbocycles. The predicted molar refractivity (Wildman–Crippen MR) is 116 cm³/mol. The maximum absolute atomic E-state index is 13.7. The van der Waals surface area contributed by atoms with Crippen molar-refractivity contribution >= 4 is 29.9 Å². The number of hydrogen-bond donors (Lipinski definition) is 2. The molecule has 0 radical (unpaired) electrons. The number of halogens is 2. The number of unbranched alkanes of at least 4 members (excludes halogenated alkanes) is 1. The Kier molecular flexibility index (Phi) is 12.9. The van der Waals surface area contributed by atoms with Crippen molar-refractivity contribution in [1.82, 2.24) is 15.5 Å². The van der Waals surface area contributed by atoms with Crippen molar-refractivity contribution in [2.45, 2.75) is 46.6 Å². The molecule has 0 bridgehead atoms. The zero-order chi connectivity index (χ0) is 17.9. The molecule has 1 aromatic rings. The highest BCUT2D eigenvalue weighted by Crippen LogP contribution is 2.16. The van der Waals surface area contributed by atoms with Crippen molar-refractivity contribution in [3.05, 3.63) is 35.1 Å². The molecule has 1 aromatic carbocycles. The summed E-state index contributed by atoms with van der Waals surface area (Å²) in [5.74, 6) is 0.590. The molecule has 0 heterocycles. The smallest absolute Gasteiger partial charge is 0.191 e. The Hall–Kier alpha value is -0.890. The summed E-state index contributed by atoms with van der Waals surface area (Å²) in [6.45, 7) is 12.4. The van der Waals surface area contributed by atoms with Crippen LogP contribution in [-0.4, -0.2) is 44.1 Å². The number of nitrogens with zero attached hydrogens (tertiary/aromatic N) is 2. The van der Waals surface area contributed by atoms with Gasteiger partial charge in [0.2, 0.25) is 0 Å². The summed E-state index contributed by atoms with van der Waals surface area (Å²) in [5.41, 5.74) is 1.59. The van der Waals surface area contributed by atoms with E-state index in [0.29, 0.717) is 5.56 Å². The number of rotatable bonds is 9. The highest BCUT2D eigenvalue weighted by atomic mass is 127. The summed E-state index contributed by atoms with van der Waals surface area (Å²) in [4.78, 5) is 6.68. The van der Waals surface area contributed by atoms with Crippen LogP contribution in [0, 0.1) is 12.7 Å². The molecule has 0 aromatic heterocycles. The first-order valence-electron chi connectivity index (χ1n) is 8.97. The lowest BCUT2D eigenvalue weighted by molar-refractivity contribution is 0.297. The van der Waals surface area contributed by atoms with Crippen LogP contribution in [0.2, 0.25) is 0 Å². The molecule has 0 saturated heterocycles. The van der Waals surface area contributed by atoms with Gasteiger partial charge >= 0.3 is 0 Å². The second kappa shape index (κ2) is 13.3. The highest BCUT2D eigenvalue weighted by Gasteiger charge is 2.09. The van der Waals surface area contributed by atoms with Crippen LogP contribution in [-0.2, 0) is 0 Å². The lowest BCUT2D eigenvalue weighted by atomic mass is 10.1. The van der Waals surface area contributed by atoms with Gasteiger partial charge in [-0.15, -0.1) is 24.0 Å². The number of aryl methyl sites for hydroxylation is 1. The third kappa shape index (κ3) is 8.85. The summed E-state index contributed by atoms with van der Waals surface area (Å²) < 4.78 is 13.7. The average molecular weight is 464 g/mol.